The predicted molar refractivity (Wildman–Crippen MR) is 83.8 cm³/mol. The van der Waals surface area contributed by atoms with Gasteiger partial charge in [-0.3, -0.25) is 4.79 Å². The fourth-order valence-corrected chi connectivity index (χ4v) is 3.67. The monoisotopic (exact) mass is 334 g/mol. The minimum atomic E-state index is -1.20. The fraction of sp³-hybridized carbons (Fsp3) is 0.312. The number of thiazole rings is 1. The van der Waals surface area contributed by atoms with Gasteiger partial charge in [0.05, 0.1) is 6.20 Å². The summed E-state index contributed by atoms with van der Waals surface area (Å²) in [7, 11) is 0. The number of carboxylic acids is 1. The van der Waals surface area contributed by atoms with Crippen LogP contribution in [-0.4, -0.2) is 39.0 Å². The number of hydrogen-bond donors (Lipinski definition) is 1. The van der Waals surface area contributed by atoms with E-state index in [0.717, 1.165) is 11.3 Å². The van der Waals surface area contributed by atoms with Gasteiger partial charge in [0, 0.05) is 12.1 Å². The van der Waals surface area contributed by atoms with Crippen molar-refractivity contribution in [1.82, 2.24) is 9.88 Å². The van der Waals surface area contributed by atoms with Crippen molar-refractivity contribution in [3.05, 3.63) is 41.2 Å². The van der Waals surface area contributed by atoms with E-state index in [0.29, 0.717) is 34.8 Å². The Bertz CT molecular complexity index is 776. The van der Waals surface area contributed by atoms with Gasteiger partial charge in [0.1, 0.15) is 21.2 Å². The van der Waals surface area contributed by atoms with Gasteiger partial charge in [-0.2, -0.15) is 0 Å². The number of rotatable bonds is 3. The van der Waals surface area contributed by atoms with Crippen LogP contribution in [0.25, 0.3) is 10.6 Å². The van der Waals surface area contributed by atoms with Crippen molar-refractivity contribution in [1.29, 1.82) is 0 Å². The maximum absolute atomic E-state index is 13.8. The molecule has 1 fully saturated rings. The lowest BCUT2D eigenvalue weighted by Gasteiger charge is -2.30. The average molecular weight is 334 g/mol. The number of nitrogens with zero attached hydrogens (tertiary/aromatic N) is 2. The fourth-order valence-electron chi connectivity index (χ4n) is 2.78. The van der Waals surface area contributed by atoms with E-state index in [-0.39, 0.29) is 5.91 Å². The molecule has 1 aliphatic heterocycles. The molecule has 2 aromatic rings. The third kappa shape index (κ3) is 2.61. The van der Waals surface area contributed by atoms with Gasteiger partial charge in [0.2, 0.25) is 0 Å². The molecule has 1 atom stereocenters. The molecular weight excluding hydrogens is 319 g/mol. The molecule has 1 aliphatic rings. The first-order valence-corrected chi connectivity index (χ1v) is 8.01. The molecule has 23 heavy (non-hydrogen) atoms. The Morgan fingerprint density at radius 3 is 2.83 bits per heavy atom. The number of aromatic nitrogens is 1. The van der Waals surface area contributed by atoms with Gasteiger partial charge in [-0.1, -0.05) is 12.1 Å². The maximum atomic E-state index is 13.8. The number of halogens is 1. The molecule has 0 spiro atoms. The van der Waals surface area contributed by atoms with E-state index in [1.807, 2.05) is 0 Å². The van der Waals surface area contributed by atoms with Crippen LogP contribution in [0, 0.1) is 5.82 Å². The molecule has 1 saturated heterocycles. The molecule has 0 saturated carbocycles. The predicted octanol–water partition coefficient (Wildman–Crippen LogP) is 3.03. The standard InChI is InChI=1S/C16H15FN2O3S/c1-16(15(21)22)7-4-8-19(16)14(20)12-9-18-13(23-12)10-5-2-3-6-11(10)17/h2-3,5-6,9H,4,7-8H2,1H3,(H,21,22). The summed E-state index contributed by atoms with van der Waals surface area (Å²) in [6.45, 7) is 1.95. The highest BCUT2D eigenvalue weighted by molar-refractivity contribution is 7.16. The van der Waals surface area contributed by atoms with E-state index in [2.05, 4.69) is 4.98 Å². The van der Waals surface area contributed by atoms with Gasteiger partial charge >= 0.3 is 5.97 Å². The zero-order chi connectivity index (χ0) is 16.6. The summed E-state index contributed by atoms with van der Waals surface area (Å²) in [5, 5.41) is 9.81. The van der Waals surface area contributed by atoms with Crippen molar-refractivity contribution < 1.29 is 19.1 Å². The number of amides is 1. The van der Waals surface area contributed by atoms with Crippen LogP contribution in [0.3, 0.4) is 0 Å². The Kier molecular flexibility index (Phi) is 3.89. The van der Waals surface area contributed by atoms with Gasteiger partial charge in [0.25, 0.3) is 5.91 Å². The van der Waals surface area contributed by atoms with E-state index in [1.54, 1.807) is 25.1 Å². The van der Waals surface area contributed by atoms with Crippen molar-refractivity contribution >= 4 is 23.2 Å². The Morgan fingerprint density at radius 2 is 2.13 bits per heavy atom. The van der Waals surface area contributed by atoms with Crippen LogP contribution in [0.15, 0.2) is 30.5 Å². The quantitative estimate of drug-likeness (QED) is 0.936. The van der Waals surface area contributed by atoms with Crippen LogP contribution in [0.2, 0.25) is 0 Å². The van der Waals surface area contributed by atoms with Crippen molar-refractivity contribution in [2.75, 3.05) is 6.54 Å². The summed E-state index contributed by atoms with van der Waals surface area (Å²) in [6.07, 6.45) is 2.45. The molecule has 1 N–H and O–H groups in total. The summed E-state index contributed by atoms with van der Waals surface area (Å²) in [4.78, 5) is 29.9. The molecule has 1 unspecified atom stereocenters. The first kappa shape index (κ1) is 15.6. The highest BCUT2D eigenvalue weighted by Gasteiger charge is 2.46. The topological polar surface area (TPSA) is 70.5 Å². The van der Waals surface area contributed by atoms with Crippen LogP contribution >= 0.6 is 11.3 Å². The van der Waals surface area contributed by atoms with Crippen molar-refractivity contribution in [2.24, 2.45) is 0 Å². The molecule has 1 aromatic heterocycles. The number of hydrogen-bond acceptors (Lipinski definition) is 4. The van der Waals surface area contributed by atoms with E-state index in [4.69, 9.17) is 0 Å². The van der Waals surface area contributed by atoms with Crippen LogP contribution in [-0.2, 0) is 4.79 Å². The second-order valence-electron chi connectivity index (χ2n) is 5.65. The minimum Gasteiger partial charge on any atom is -0.480 e. The largest absolute Gasteiger partial charge is 0.480 e. The normalized spacial score (nSPS) is 20.7. The molecule has 5 nitrogen and oxygen atoms in total. The minimum absolute atomic E-state index is 0.317. The summed E-state index contributed by atoms with van der Waals surface area (Å²) in [5.74, 6) is -1.79. The Hall–Kier alpha value is -2.28. The van der Waals surface area contributed by atoms with E-state index >= 15 is 0 Å². The third-order valence-corrected chi connectivity index (χ3v) is 5.19. The number of aliphatic carboxylic acids is 1. The molecule has 0 radical (unpaired) electrons. The van der Waals surface area contributed by atoms with Crippen molar-refractivity contribution in [3.8, 4) is 10.6 Å². The Balaban J connectivity index is 1.90. The zero-order valence-electron chi connectivity index (χ0n) is 12.5. The van der Waals surface area contributed by atoms with Gasteiger partial charge in [-0.15, -0.1) is 11.3 Å². The number of carboxylic acid groups (broad SMARTS) is 1. The lowest BCUT2D eigenvalue weighted by Crippen LogP contribution is -2.50. The Morgan fingerprint density at radius 1 is 1.39 bits per heavy atom. The third-order valence-electron chi connectivity index (χ3n) is 4.17. The number of carbonyl (C=O) groups excluding carboxylic acids is 1. The molecule has 3 rings (SSSR count). The summed E-state index contributed by atoms with van der Waals surface area (Å²) in [5.41, 5.74) is -0.863. The molecule has 0 aliphatic carbocycles. The lowest BCUT2D eigenvalue weighted by atomic mass is 9.99. The van der Waals surface area contributed by atoms with Gasteiger partial charge in [-0.05, 0) is 31.9 Å². The zero-order valence-corrected chi connectivity index (χ0v) is 13.3. The SMILES string of the molecule is CC1(C(=O)O)CCCN1C(=O)c1cnc(-c2ccccc2F)s1. The smallest absolute Gasteiger partial charge is 0.329 e. The molecule has 0 bridgehead atoms. The Labute approximate surface area is 136 Å². The molecule has 1 aromatic carbocycles. The van der Waals surface area contributed by atoms with Crippen molar-refractivity contribution in [2.45, 2.75) is 25.3 Å². The molecular formula is C16H15FN2O3S. The first-order valence-electron chi connectivity index (χ1n) is 7.19. The number of carbonyl (C=O) groups is 2. The average Bonchev–Trinajstić information content (AvgIpc) is 3.15. The van der Waals surface area contributed by atoms with Gasteiger partial charge in [-0.25, -0.2) is 14.2 Å². The van der Waals surface area contributed by atoms with Crippen LogP contribution in [0.1, 0.15) is 29.4 Å². The summed E-state index contributed by atoms with van der Waals surface area (Å²) in [6, 6.07) is 6.21. The number of benzene rings is 1. The highest BCUT2D eigenvalue weighted by atomic mass is 32.1. The van der Waals surface area contributed by atoms with Gasteiger partial charge < -0.3 is 10.0 Å². The summed E-state index contributed by atoms with van der Waals surface area (Å²) < 4.78 is 13.8. The highest BCUT2D eigenvalue weighted by Crippen LogP contribution is 2.33. The van der Waals surface area contributed by atoms with E-state index < -0.39 is 17.3 Å². The van der Waals surface area contributed by atoms with E-state index in [9.17, 15) is 19.1 Å². The van der Waals surface area contributed by atoms with Crippen LogP contribution in [0.4, 0.5) is 4.39 Å². The summed E-state index contributed by atoms with van der Waals surface area (Å²) >= 11 is 1.07. The lowest BCUT2D eigenvalue weighted by molar-refractivity contribution is -0.147. The molecule has 120 valence electrons. The molecule has 7 heteroatoms. The van der Waals surface area contributed by atoms with Crippen LogP contribution < -0.4 is 0 Å². The first-order chi connectivity index (χ1) is 10.9. The maximum Gasteiger partial charge on any atom is 0.329 e. The van der Waals surface area contributed by atoms with Crippen molar-refractivity contribution in [3.63, 3.8) is 0 Å². The van der Waals surface area contributed by atoms with E-state index in [1.165, 1.54) is 17.2 Å². The number of likely N-dealkylation sites (tertiary alicyclic amines) is 1. The van der Waals surface area contributed by atoms with Gasteiger partial charge in [0.15, 0.2) is 0 Å². The molecule has 1 amide bonds. The van der Waals surface area contributed by atoms with Crippen LogP contribution in [0.5, 0.6) is 0 Å². The molecule has 2 heterocycles. The second kappa shape index (κ2) is 5.73. The second-order valence-corrected chi connectivity index (χ2v) is 6.68.